The number of aliphatic imine (C=N–C) groups is 1. The van der Waals surface area contributed by atoms with Gasteiger partial charge in [-0.1, -0.05) is 40.2 Å². The highest BCUT2D eigenvalue weighted by atomic mass is 79.9. The number of hydrogen-bond acceptors (Lipinski definition) is 9. The minimum atomic E-state index is -0.686. The predicted octanol–water partition coefficient (Wildman–Crippen LogP) is 4.91. The molecule has 226 valence electrons. The van der Waals surface area contributed by atoms with Gasteiger partial charge in [-0.05, 0) is 52.7 Å². The lowest BCUT2D eigenvalue weighted by Crippen LogP contribution is -2.39. The number of aryl methyl sites for hydroxylation is 1. The molecule has 0 radical (unpaired) electrons. The van der Waals surface area contributed by atoms with Crippen molar-refractivity contribution in [1.29, 1.82) is 0 Å². The number of aromatic nitrogens is 4. The standard InChI is InChI=1S/C18H14BrCl2N5O2.C6H8ClN5O2S/c1-9-6-10(20)7-11(17(27)22-2)15(9)24-18(28)13-8-14(19)25-26(13)16-12(21)4-3-5-23-16;1-8-6(11-12(13)14)10-3-4-2-9-5(7)15-4/h3-8H,1-2H3,(H,22,27)(H,24,28);2H,3H2,1H3,(H2,8,10,11). The molecule has 2 amide bonds. The molecule has 0 atom stereocenters. The Morgan fingerprint density at radius 2 is 1.93 bits per heavy atom. The minimum absolute atomic E-state index is 0.0875. The van der Waals surface area contributed by atoms with Gasteiger partial charge in [0, 0.05) is 42.5 Å². The van der Waals surface area contributed by atoms with Crippen LogP contribution in [-0.2, 0) is 6.54 Å². The number of thiazole rings is 1. The topological polar surface area (TPSA) is 181 Å². The number of guanidine groups is 1. The predicted molar refractivity (Wildman–Crippen MR) is 169 cm³/mol. The van der Waals surface area contributed by atoms with Crippen LogP contribution in [0.25, 0.3) is 5.82 Å². The first-order valence-corrected chi connectivity index (χ1v) is 14.6. The van der Waals surface area contributed by atoms with Gasteiger partial charge < -0.3 is 16.0 Å². The zero-order chi connectivity index (χ0) is 31.7. The molecule has 4 rings (SSSR count). The molecule has 0 fully saturated rings. The quantitative estimate of drug-likeness (QED) is 0.0889. The molecule has 0 aliphatic carbocycles. The molecule has 0 aliphatic heterocycles. The third-order valence-electron chi connectivity index (χ3n) is 5.24. The van der Waals surface area contributed by atoms with Crippen molar-refractivity contribution in [2.24, 2.45) is 4.99 Å². The Hall–Kier alpha value is -3.83. The molecule has 14 nitrogen and oxygen atoms in total. The molecule has 0 unspecified atom stereocenters. The summed E-state index contributed by atoms with van der Waals surface area (Å²) >= 11 is 22.4. The second-order valence-corrected chi connectivity index (χ2v) is 11.5. The van der Waals surface area contributed by atoms with Crippen molar-refractivity contribution in [3.05, 3.63) is 93.7 Å². The Morgan fingerprint density at radius 1 is 1.19 bits per heavy atom. The highest BCUT2D eigenvalue weighted by Gasteiger charge is 2.22. The van der Waals surface area contributed by atoms with Gasteiger partial charge in [0.25, 0.3) is 17.8 Å². The maximum atomic E-state index is 13.0. The summed E-state index contributed by atoms with van der Waals surface area (Å²) in [5, 5.41) is 22.5. The van der Waals surface area contributed by atoms with E-state index < -0.39 is 10.9 Å². The number of carbonyl (C=O) groups excluding carboxylic acids is 2. The molecule has 0 saturated heterocycles. The number of carbonyl (C=O) groups is 2. The van der Waals surface area contributed by atoms with Crippen LogP contribution in [0, 0.1) is 17.0 Å². The molecule has 0 saturated carbocycles. The Balaban J connectivity index is 0.000000285. The van der Waals surface area contributed by atoms with Gasteiger partial charge in [0.2, 0.25) is 0 Å². The number of benzene rings is 1. The van der Waals surface area contributed by atoms with Crippen LogP contribution in [0.5, 0.6) is 0 Å². The summed E-state index contributed by atoms with van der Waals surface area (Å²) in [6, 6.07) is 8.01. The number of nitro groups is 1. The Morgan fingerprint density at radius 3 is 2.53 bits per heavy atom. The molecule has 19 heteroatoms. The number of hydrogen-bond donors (Lipinski definition) is 4. The lowest BCUT2D eigenvalue weighted by Gasteiger charge is -2.14. The van der Waals surface area contributed by atoms with Crippen LogP contribution in [0.1, 0.15) is 31.3 Å². The van der Waals surface area contributed by atoms with Crippen molar-refractivity contribution in [3.8, 4) is 5.82 Å². The number of hydrazine groups is 1. The van der Waals surface area contributed by atoms with Crippen LogP contribution in [0.3, 0.4) is 0 Å². The fourth-order valence-corrected chi connectivity index (χ4v) is 5.17. The van der Waals surface area contributed by atoms with Crippen molar-refractivity contribution in [3.63, 3.8) is 0 Å². The number of pyridine rings is 1. The van der Waals surface area contributed by atoms with Crippen molar-refractivity contribution in [2.45, 2.75) is 13.5 Å². The summed E-state index contributed by atoms with van der Waals surface area (Å²) in [4.78, 5) is 47.9. The van der Waals surface area contributed by atoms with Gasteiger partial charge in [-0.25, -0.2) is 24.8 Å². The van der Waals surface area contributed by atoms with E-state index in [4.69, 9.17) is 34.8 Å². The van der Waals surface area contributed by atoms with Crippen molar-refractivity contribution < 1.29 is 14.6 Å². The third-order valence-corrected chi connectivity index (χ3v) is 7.25. The number of anilines is 1. The molecule has 1 aromatic carbocycles. The first kappa shape index (κ1) is 33.7. The first-order chi connectivity index (χ1) is 20.4. The van der Waals surface area contributed by atoms with Crippen molar-refractivity contribution in [1.82, 2.24) is 35.8 Å². The van der Waals surface area contributed by atoms with Gasteiger partial charge in [-0.3, -0.25) is 14.6 Å². The fourth-order valence-electron chi connectivity index (χ4n) is 3.40. The minimum Gasteiger partial charge on any atom is -0.355 e. The highest BCUT2D eigenvalue weighted by molar-refractivity contribution is 9.10. The Labute approximate surface area is 272 Å². The monoisotopic (exact) mass is 730 g/mol. The Kier molecular flexibility index (Phi) is 12.2. The molecule has 3 heterocycles. The number of nitrogens with one attached hydrogen (secondary N) is 4. The SMILES string of the molecule is CN=C(NCc1cnc(Cl)s1)N[N+](=O)[O-].CNC(=O)c1cc(Cl)cc(C)c1NC(=O)c1cc(Br)nn1-c1ncccc1Cl. The molecule has 3 aromatic heterocycles. The number of rotatable bonds is 7. The molecule has 43 heavy (non-hydrogen) atoms. The summed E-state index contributed by atoms with van der Waals surface area (Å²) in [5.41, 5.74) is 3.35. The average Bonchev–Trinajstić information content (AvgIpc) is 3.57. The van der Waals surface area contributed by atoms with E-state index in [9.17, 15) is 19.7 Å². The molecular formula is C24H22BrCl3N10O4S. The maximum absolute atomic E-state index is 13.0. The van der Waals surface area contributed by atoms with Gasteiger partial charge >= 0.3 is 0 Å². The van der Waals surface area contributed by atoms with Crippen LogP contribution in [0.15, 0.2) is 52.3 Å². The van der Waals surface area contributed by atoms with Crippen LogP contribution < -0.4 is 21.4 Å². The van der Waals surface area contributed by atoms with E-state index in [-0.39, 0.29) is 23.1 Å². The smallest absolute Gasteiger partial charge is 0.274 e. The molecule has 0 spiro atoms. The van der Waals surface area contributed by atoms with Gasteiger partial charge in [-0.2, -0.15) is 5.10 Å². The van der Waals surface area contributed by atoms with Crippen LogP contribution in [0.4, 0.5) is 5.69 Å². The van der Waals surface area contributed by atoms with Gasteiger partial charge in [0.05, 0.1) is 22.8 Å². The summed E-state index contributed by atoms with van der Waals surface area (Å²) in [5.74, 6) is -0.470. The number of halogens is 4. The molecule has 0 bridgehead atoms. The van der Waals surface area contributed by atoms with Gasteiger partial charge in [0.1, 0.15) is 10.3 Å². The maximum Gasteiger partial charge on any atom is 0.274 e. The second kappa shape index (κ2) is 15.6. The summed E-state index contributed by atoms with van der Waals surface area (Å²) in [6.45, 7) is 2.13. The molecule has 0 aliphatic rings. The summed E-state index contributed by atoms with van der Waals surface area (Å²) in [6.07, 6.45) is 3.14. The van der Waals surface area contributed by atoms with Gasteiger partial charge in [-0.15, -0.1) is 11.3 Å². The van der Waals surface area contributed by atoms with Gasteiger partial charge in [0.15, 0.2) is 15.3 Å². The van der Waals surface area contributed by atoms with Crippen molar-refractivity contribution in [2.75, 3.05) is 19.4 Å². The first-order valence-electron chi connectivity index (χ1n) is 11.8. The normalized spacial score (nSPS) is 10.8. The largest absolute Gasteiger partial charge is 0.355 e. The zero-order valence-electron chi connectivity index (χ0n) is 22.5. The summed E-state index contributed by atoms with van der Waals surface area (Å²) < 4.78 is 2.19. The van der Waals surface area contributed by atoms with E-state index in [1.807, 2.05) is 5.43 Å². The van der Waals surface area contributed by atoms with E-state index >= 15 is 0 Å². The third kappa shape index (κ3) is 9.33. The van der Waals surface area contributed by atoms with E-state index in [1.165, 1.54) is 42.2 Å². The van der Waals surface area contributed by atoms with E-state index in [1.54, 1.807) is 37.5 Å². The number of nitrogens with zero attached hydrogens (tertiary/aromatic N) is 6. The fraction of sp³-hybridized carbons (Fsp3) is 0.167. The van der Waals surface area contributed by atoms with Crippen LogP contribution in [0.2, 0.25) is 14.5 Å². The molecular weight excluding hydrogens is 711 g/mol. The molecule has 4 aromatic rings. The van der Waals surface area contributed by atoms with E-state index in [0.717, 1.165) is 4.88 Å². The van der Waals surface area contributed by atoms with E-state index in [0.29, 0.717) is 42.7 Å². The second-order valence-electron chi connectivity index (χ2n) is 8.13. The highest BCUT2D eigenvalue weighted by Crippen LogP contribution is 2.27. The van der Waals surface area contributed by atoms with E-state index in [2.05, 4.69) is 51.9 Å². The van der Waals surface area contributed by atoms with Crippen LogP contribution >= 0.6 is 62.1 Å². The zero-order valence-corrected chi connectivity index (χ0v) is 27.2. The number of amides is 2. The average molecular weight is 733 g/mol. The lowest BCUT2D eigenvalue weighted by molar-refractivity contribution is -0.525. The Bertz CT molecular complexity index is 1680. The lowest BCUT2D eigenvalue weighted by atomic mass is 10.1. The van der Waals surface area contributed by atoms with Crippen molar-refractivity contribution >= 4 is 85.5 Å². The van der Waals surface area contributed by atoms with Crippen LogP contribution in [-0.4, -0.2) is 56.7 Å². The summed E-state index contributed by atoms with van der Waals surface area (Å²) in [7, 11) is 2.94. The molecule has 4 N–H and O–H groups in total.